The first kappa shape index (κ1) is 15.5. The van der Waals surface area contributed by atoms with Crippen LogP contribution in [0.3, 0.4) is 0 Å². The van der Waals surface area contributed by atoms with E-state index in [1.807, 2.05) is 11.9 Å². The highest BCUT2D eigenvalue weighted by Crippen LogP contribution is 2.46. The van der Waals surface area contributed by atoms with Crippen molar-refractivity contribution in [1.29, 1.82) is 0 Å². The van der Waals surface area contributed by atoms with Gasteiger partial charge in [0, 0.05) is 19.3 Å². The van der Waals surface area contributed by atoms with E-state index in [0.717, 1.165) is 0 Å². The number of pyridine rings is 1. The van der Waals surface area contributed by atoms with Crippen LogP contribution in [0.2, 0.25) is 5.02 Å². The Balaban J connectivity index is 2.35. The summed E-state index contributed by atoms with van der Waals surface area (Å²) >= 11 is 5.66. The summed E-state index contributed by atoms with van der Waals surface area (Å²) in [5, 5.41) is 10.8. The van der Waals surface area contributed by atoms with Crippen LogP contribution < -0.4 is 0 Å². The minimum atomic E-state index is -4.55. The van der Waals surface area contributed by atoms with Gasteiger partial charge in [0.1, 0.15) is 5.92 Å². The van der Waals surface area contributed by atoms with Crippen molar-refractivity contribution in [2.75, 3.05) is 20.1 Å². The molecule has 2 heterocycles. The molecule has 1 fully saturated rings. The smallest absolute Gasteiger partial charge is 0.389 e. The lowest BCUT2D eigenvalue weighted by molar-refractivity contribution is -0.206. The summed E-state index contributed by atoms with van der Waals surface area (Å²) in [6, 6.07) is 2.59. The van der Waals surface area contributed by atoms with Crippen molar-refractivity contribution in [3.05, 3.63) is 29.0 Å². The molecule has 0 aliphatic carbocycles. The Morgan fingerprint density at radius 1 is 1.35 bits per heavy atom. The van der Waals surface area contributed by atoms with E-state index in [1.165, 1.54) is 18.3 Å². The van der Waals surface area contributed by atoms with Crippen LogP contribution in [0.15, 0.2) is 18.3 Å². The summed E-state index contributed by atoms with van der Waals surface area (Å²) in [5.41, 5.74) is -2.00. The number of aliphatic hydroxyl groups is 1. The molecule has 1 aromatic rings. The van der Waals surface area contributed by atoms with Crippen LogP contribution in [-0.2, 0) is 0 Å². The van der Waals surface area contributed by atoms with Gasteiger partial charge in [0.25, 0.3) is 0 Å². The Hall–Kier alpha value is -0.850. The molecule has 1 aliphatic rings. The SMILES string of the molecule is CN1CCC(O)(C(c2ccc(Cl)cn2)C(F)(F)F)CC1. The van der Waals surface area contributed by atoms with E-state index in [2.05, 4.69) is 4.98 Å². The molecule has 20 heavy (non-hydrogen) atoms. The number of nitrogens with zero attached hydrogens (tertiary/aromatic N) is 2. The fraction of sp³-hybridized carbons (Fsp3) is 0.615. The summed E-state index contributed by atoms with van der Waals surface area (Å²) in [5.74, 6) is -1.99. The average Bonchev–Trinajstić information content (AvgIpc) is 2.34. The Morgan fingerprint density at radius 3 is 2.40 bits per heavy atom. The molecule has 0 saturated carbocycles. The zero-order chi connectivity index (χ0) is 15.0. The molecule has 1 atom stereocenters. The van der Waals surface area contributed by atoms with Gasteiger partial charge in [-0.15, -0.1) is 0 Å². The van der Waals surface area contributed by atoms with Gasteiger partial charge in [-0.05, 0) is 32.0 Å². The maximum atomic E-state index is 13.4. The van der Waals surface area contributed by atoms with Gasteiger partial charge in [0.05, 0.1) is 16.3 Å². The first-order chi connectivity index (χ1) is 9.22. The number of alkyl halides is 3. The molecule has 0 bridgehead atoms. The maximum Gasteiger partial charge on any atom is 0.400 e. The van der Waals surface area contributed by atoms with Crippen molar-refractivity contribution in [3.63, 3.8) is 0 Å². The highest BCUT2D eigenvalue weighted by molar-refractivity contribution is 6.30. The lowest BCUT2D eigenvalue weighted by Crippen LogP contribution is -2.51. The van der Waals surface area contributed by atoms with Gasteiger partial charge < -0.3 is 10.0 Å². The lowest BCUT2D eigenvalue weighted by Gasteiger charge is -2.42. The standard InChI is InChI=1S/C13H16ClF3N2O/c1-19-6-4-12(20,5-7-19)11(13(15,16)17)10-3-2-9(14)8-18-10/h2-3,8,11,20H,4-7H2,1H3. The van der Waals surface area contributed by atoms with Crippen LogP contribution in [0.5, 0.6) is 0 Å². The summed E-state index contributed by atoms with van der Waals surface area (Å²) < 4.78 is 40.2. The normalized spacial score (nSPS) is 21.7. The molecule has 1 saturated heterocycles. The number of aromatic nitrogens is 1. The third-order valence-corrected chi connectivity index (χ3v) is 3.99. The van der Waals surface area contributed by atoms with Crippen LogP contribution in [0, 0.1) is 0 Å². The van der Waals surface area contributed by atoms with Gasteiger partial charge in [0.15, 0.2) is 0 Å². The van der Waals surface area contributed by atoms with Gasteiger partial charge in [-0.25, -0.2) is 0 Å². The Labute approximate surface area is 120 Å². The van der Waals surface area contributed by atoms with Gasteiger partial charge in [-0.1, -0.05) is 11.6 Å². The number of rotatable bonds is 2. The zero-order valence-electron chi connectivity index (χ0n) is 11.0. The molecule has 1 unspecified atom stereocenters. The molecule has 1 N–H and O–H groups in total. The van der Waals surface area contributed by atoms with E-state index < -0.39 is 17.7 Å². The molecule has 0 amide bonds. The van der Waals surface area contributed by atoms with E-state index in [1.54, 1.807) is 0 Å². The van der Waals surface area contributed by atoms with Gasteiger partial charge in [0.2, 0.25) is 0 Å². The molecule has 1 aromatic heterocycles. The number of hydrogen-bond acceptors (Lipinski definition) is 3. The third kappa shape index (κ3) is 3.24. The molecule has 7 heteroatoms. The third-order valence-electron chi connectivity index (χ3n) is 3.76. The molecule has 0 radical (unpaired) electrons. The highest BCUT2D eigenvalue weighted by atomic mass is 35.5. The van der Waals surface area contributed by atoms with Gasteiger partial charge in [-0.3, -0.25) is 4.98 Å². The largest absolute Gasteiger partial charge is 0.400 e. The van der Waals surface area contributed by atoms with Crippen molar-refractivity contribution in [1.82, 2.24) is 9.88 Å². The van der Waals surface area contributed by atoms with E-state index >= 15 is 0 Å². The molecule has 0 aromatic carbocycles. The first-order valence-corrected chi connectivity index (χ1v) is 6.69. The lowest BCUT2D eigenvalue weighted by atomic mass is 9.77. The second kappa shape index (κ2) is 5.50. The second-order valence-corrected chi connectivity index (χ2v) is 5.72. The van der Waals surface area contributed by atoms with Crippen LogP contribution >= 0.6 is 11.6 Å². The van der Waals surface area contributed by atoms with Crippen molar-refractivity contribution in [2.24, 2.45) is 0 Å². The average molecular weight is 309 g/mol. The van der Waals surface area contributed by atoms with Crippen molar-refractivity contribution in [2.45, 2.75) is 30.5 Å². The number of hydrogen-bond donors (Lipinski definition) is 1. The monoisotopic (exact) mass is 308 g/mol. The van der Waals surface area contributed by atoms with E-state index in [0.29, 0.717) is 13.1 Å². The minimum absolute atomic E-state index is 0.0674. The summed E-state index contributed by atoms with van der Waals surface area (Å²) in [6.45, 7) is 0.855. The summed E-state index contributed by atoms with van der Waals surface area (Å²) in [7, 11) is 1.82. The van der Waals surface area contributed by atoms with Gasteiger partial charge >= 0.3 is 6.18 Å². The van der Waals surface area contributed by atoms with Crippen molar-refractivity contribution >= 4 is 11.6 Å². The quantitative estimate of drug-likeness (QED) is 0.912. The molecule has 3 nitrogen and oxygen atoms in total. The minimum Gasteiger partial charge on any atom is -0.389 e. The molecular weight excluding hydrogens is 293 g/mol. The van der Waals surface area contributed by atoms with Crippen LogP contribution in [0.1, 0.15) is 24.5 Å². The van der Waals surface area contributed by atoms with Gasteiger partial charge in [-0.2, -0.15) is 13.2 Å². The van der Waals surface area contributed by atoms with Crippen LogP contribution in [0.4, 0.5) is 13.2 Å². The summed E-state index contributed by atoms with van der Waals surface area (Å²) in [4.78, 5) is 5.66. The first-order valence-electron chi connectivity index (χ1n) is 6.31. The summed E-state index contributed by atoms with van der Waals surface area (Å²) in [6.07, 6.45) is -3.24. The molecule has 2 rings (SSSR count). The fourth-order valence-electron chi connectivity index (χ4n) is 2.60. The predicted molar refractivity (Wildman–Crippen MR) is 69.7 cm³/mol. The van der Waals surface area contributed by atoms with Crippen molar-refractivity contribution in [3.8, 4) is 0 Å². The predicted octanol–water partition coefficient (Wildman–Crippen LogP) is 2.84. The molecule has 1 aliphatic heterocycles. The maximum absolute atomic E-state index is 13.4. The van der Waals surface area contributed by atoms with E-state index in [4.69, 9.17) is 11.6 Å². The van der Waals surface area contributed by atoms with Crippen LogP contribution in [-0.4, -0.2) is 46.9 Å². The fourth-order valence-corrected chi connectivity index (χ4v) is 2.71. The zero-order valence-corrected chi connectivity index (χ0v) is 11.7. The van der Waals surface area contributed by atoms with Crippen molar-refractivity contribution < 1.29 is 18.3 Å². The van der Waals surface area contributed by atoms with Crippen LogP contribution in [0.25, 0.3) is 0 Å². The second-order valence-electron chi connectivity index (χ2n) is 5.28. The van der Waals surface area contributed by atoms with E-state index in [9.17, 15) is 18.3 Å². The Morgan fingerprint density at radius 2 is 1.95 bits per heavy atom. The number of piperidine rings is 1. The Bertz CT molecular complexity index is 456. The Kier molecular flexibility index (Phi) is 4.27. The van der Waals surface area contributed by atoms with E-state index in [-0.39, 0.29) is 23.6 Å². The number of halogens is 4. The topological polar surface area (TPSA) is 36.4 Å². The molecule has 112 valence electrons. The number of likely N-dealkylation sites (tertiary alicyclic amines) is 1. The highest BCUT2D eigenvalue weighted by Gasteiger charge is 2.55. The molecule has 0 spiro atoms. The molecular formula is C13H16ClF3N2O.